The van der Waals surface area contributed by atoms with Crippen LogP contribution in [0.3, 0.4) is 0 Å². The fourth-order valence-electron chi connectivity index (χ4n) is 2.83. The van der Waals surface area contributed by atoms with Gasteiger partial charge in [-0.2, -0.15) is 11.8 Å². The van der Waals surface area contributed by atoms with Crippen molar-refractivity contribution in [1.29, 1.82) is 0 Å². The highest BCUT2D eigenvalue weighted by atomic mass is 32.2. The van der Waals surface area contributed by atoms with Gasteiger partial charge in [-0.3, -0.25) is 4.90 Å². The second-order valence-electron chi connectivity index (χ2n) is 5.06. The van der Waals surface area contributed by atoms with E-state index in [1.165, 1.54) is 45.4 Å². The number of thioether (sulfide) groups is 1. The molecule has 0 aromatic rings. The van der Waals surface area contributed by atoms with E-state index in [2.05, 4.69) is 35.8 Å². The topological polar surface area (TPSA) is 15.3 Å². The maximum absolute atomic E-state index is 3.58. The van der Waals surface area contributed by atoms with Crippen molar-refractivity contribution in [2.75, 3.05) is 26.2 Å². The van der Waals surface area contributed by atoms with Gasteiger partial charge in [0.2, 0.25) is 0 Å². The summed E-state index contributed by atoms with van der Waals surface area (Å²) in [6.45, 7) is 9.77. The van der Waals surface area contributed by atoms with Crippen LogP contribution < -0.4 is 5.32 Å². The highest BCUT2D eigenvalue weighted by molar-refractivity contribution is 8.00. The van der Waals surface area contributed by atoms with Crippen LogP contribution in [0, 0.1) is 0 Å². The summed E-state index contributed by atoms with van der Waals surface area (Å²) < 4.78 is 0. The molecule has 0 spiro atoms. The Morgan fingerprint density at radius 2 is 1.87 bits per heavy atom. The molecule has 0 aromatic carbocycles. The molecule has 3 heteroatoms. The van der Waals surface area contributed by atoms with Crippen molar-refractivity contribution in [3.05, 3.63) is 0 Å². The number of hydrogen-bond donors (Lipinski definition) is 1. The first kappa shape index (κ1) is 11.7. The Labute approximate surface area is 98.2 Å². The van der Waals surface area contributed by atoms with E-state index < -0.39 is 0 Å². The van der Waals surface area contributed by atoms with E-state index >= 15 is 0 Å². The largest absolute Gasteiger partial charge is 0.315 e. The predicted octanol–water partition coefficient (Wildman–Crippen LogP) is 1.95. The molecule has 0 saturated carbocycles. The SMILES string of the molecule is CC1CN(C2CCCCNC2)CC(C)S1. The molecule has 2 rings (SSSR count). The normalized spacial score (nSPS) is 40.0. The molecular formula is C12H24N2S. The molecular weight excluding hydrogens is 204 g/mol. The van der Waals surface area contributed by atoms with E-state index in [-0.39, 0.29) is 0 Å². The monoisotopic (exact) mass is 228 g/mol. The maximum atomic E-state index is 3.58. The van der Waals surface area contributed by atoms with E-state index in [4.69, 9.17) is 0 Å². The minimum absolute atomic E-state index is 0.804. The van der Waals surface area contributed by atoms with Crippen LogP contribution in [0.5, 0.6) is 0 Å². The van der Waals surface area contributed by atoms with Crippen LogP contribution in [0.25, 0.3) is 0 Å². The van der Waals surface area contributed by atoms with Crippen molar-refractivity contribution < 1.29 is 0 Å². The van der Waals surface area contributed by atoms with Crippen LogP contribution in [0.2, 0.25) is 0 Å². The number of nitrogens with zero attached hydrogens (tertiary/aromatic N) is 1. The first-order valence-electron chi connectivity index (χ1n) is 6.36. The Hall–Kier alpha value is 0.270. The van der Waals surface area contributed by atoms with Gasteiger partial charge in [-0.05, 0) is 19.4 Å². The maximum Gasteiger partial charge on any atom is 0.0221 e. The summed E-state index contributed by atoms with van der Waals surface area (Å²) in [5.74, 6) is 0. The van der Waals surface area contributed by atoms with Crippen LogP contribution in [-0.4, -0.2) is 47.6 Å². The van der Waals surface area contributed by atoms with Crippen LogP contribution in [-0.2, 0) is 0 Å². The van der Waals surface area contributed by atoms with E-state index in [0.29, 0.717) is 0 Å². The molecule has 3 atom stereocenters. The van der Waals surface area contributed by atoms with Gasteiger partial charge >= 0.3 is 0 Å². The zero-order valence-electron chi connectivity index (χ0n) is 10.0. The van der Waals surface area contributed by atoms with Gasteiger partial charge in [0.1, 0.15) is 0 Å². The van der Waals surface area contributed by atoms with Crippen molar-refractivity contribution >= 4 is 11.8 Å². The van der Waals surface area contributed by atoms with E-state index in [1.807, 2.05) is 0 Å². The van der Waals surface area contributed by atoms with Crippen molar-refractivity contribution in [2.45, 2.75) is 49.7 Å². The average Bonchev–Trinajstić information content (AvgIpc) is 2.43. The van der Waals surface area contributed by atoms with Gasteiger partial charge in [0, 0.05) is 36.2 Å². The summed E-state index contributed by atoms with van der Waals surface area (Å²) in [6, 6.07) is 0.804. The third kappa shape index (κ3) is 3.36. The summed E-state index contributed by atoms with van der Waals surface area (Å²) in [7, 11) is 0. The van der Waals surface area contributed by atoms with Crippen molar-refractivity contribution in [1.82, 2.24) is 10.2 Å². The fourth-order valence-corrected chi connectivity index (χ4v) is 4.18. The number of hydrogen-bond acceptors (Lipinski definition) is 3. The van der Waals surface area contributed by atoms with Gasteiger partial charge in [-0.15, -0.1) is 0 Å². The molecule has 0 bridgehead atoms. The van der Waals surface area contributed by atoms with Gasteiger partial charge in [-0.25, -0.2) is 0 Å². The first-order valence-corrected chi connectivity index (χ1v) is 7.30. The van der Waals surface area contributed by atoms with Crippen molar-refractivity contribution in [3.63, 3.8) is 0 Å². The lowest BCUT2D eigenvalue weighted by Crippen LogP contribution is -2.49. The average molecular weight is 228 g/mol. The lowest BCUT2D eigenvalue weighted by Gasteiger charge is -2.39. The van der Waals surface area contributed by atoms with Crippen LogP contribution in [0.4, 0.5) is 0 Å². The quantitative estimate of drug-likeness (QED) is 0.738. The van der Waals surface area contributed by atoms with Crippen molar-refractivity contribution in [2.24, 2.45) is 0 Å². The smallest absolute Gasteiger partial charge is 0.0221 e. The molecule has 0 aromatic heterocycles. The molecule has 15 heavy (non-hydrogen) atoms. The van der Waals surface area contributed by atoms with Gasteiger partial charge in [-0.1, -0.05) is 20.3 Å². The van der Waals surface area contributed by atoms with Crippen LogP contribution in [0.15, 0.2) is 0 Å². The van der Waals surface area contributed by atoms with Crippen LogP contribution in [0.1, 0.15) is 33.1 Å². The van der Waals surface area contributed by atoms with Gasteiger partial charge < -0.3 is 5.32 Å². The van der Waals surface area contributed by atoms with Gasteiger partial charge in [0.05, 0.1) is 0 Å². The highest BCUT2D eigenvalue weighted by Gasteiger charge is 2.27. The summed E-state index contributed by atoms with van der Waals surface area (Å²) in [6.07, 6.45) is 4.17. The molecule has 0 aliphatic carbocycles. The Morgan fingerprint density at radius 1 is 1.13 bits per heavy atom. The Morgan fingerprint density at radius 3 is 2.60 bits per heavy atom. The van der Waals surface area contributed by atoms with E-state index in [0.717, 1.165) is 16.5 Å². The zero-order chi connectivity index (χ0) is 10.7. The molecule has 3 unspecified atom stereocenters. The molecule has 1 N–H and O–H groups in total. The number of rotatable bonds is 1. The Kier molecular flexibility index (Phi) is 4.35. The molecule has 88 valence electrons. The van der Waals surface area contributed by atoms with E-state index in [9.17, 15) is 0 Å². The molecule has 2 aliphatic heterocycles. The summed E-state index contributed by atoms with van der Waals surface area (Å²) >= 11 is 2.15. The Balaban J connectivity index is 1.89. The molecule has 2 saturated heterocycles. The minimum atomic E-state index is 0.804. The predicted molar refractivity (Wildman–Crippen MR) is 68.6 cm³/mol. The number of nitrogens with one attached hydrogen (secondary N) is 1. The summed E-state index contributed by atoms with van der Waals surface area (Å²) in [5.41, 5.74) is 0. The molecule has 2 aliphatic rings. The Bertz CT molecular complexity index is 180. The molecule has 0 radical (unpaired) electrons. The van der Waals surface area contributed by atoms with Crippen LogP contribution >= 0.6 is 11.8 Å². The molecule has 2 heterocycles. The molecule has 0 amide bonds. The standard InChI is InChI=1S/C12H24N2S/c1-10-8-14(9-11(2)15-10)12-5-3-4-6-13-7-12/h10-13H,3-9H2,1-2H3. The molecule has 2 nitrogen and oxygen atoms in total. The minimum Gasteiger partial charge on any atom is -0.315 e. The fraction of sp³-hybridized carbons (Fsp3) is 1.00. The van der Waals surface area contributed by atoms with E-state index in [1.54, 1.807) is 0 Å². The zero-order valence-corrected chi connectivity index (χ0v) is 10.9. The van der Waals surface area contributed by atoms with Gasteiger partial charge in [0.25, 0.3) is 0 Å². The lowest BCUT2D eigenvalue weighted by atomic mass is 10.1. The summed E-state index contributed by atoms with van der Waals surface area (Å²) in [4.78, 5) is 2.73. The third-order valence-corrected chi connectivity index (χ3v) is 4.71. The summed E-state index contributed by atoms with van der Waals surface area (Å²) in [5, 5.41) is 5.21. The highest BCUT2D eigenvalue weighted by Crippen LogP contribution is 2.27. The second-order valence-corrected chi connectivity index (χ2v) is 6.95. The molecule has 2 fully saturated rings. The van der Waals surface area contributed by atoms with Gasteiger partial charge in [0.15, 0.2) is 0 Å². The lowest BCUT2D eigenvalue weighted by molar-refractivity contribution is 0.185. The second kappa shape index (κ2) is 5.55. The first-order chi connectivity index (χ1) is 7.25. The van der Waals surface area contributed by atoms with Crippen molar-refractivity contribution in [3.8, 4) is 0 Å². The third-order valence-electron chi connectivity index (χ3n) is 3.49.